The molecule has 3 heterocycles. The van der Waals surface area contributed by atoms with Crippen LogP contribution in [-0.2, 0) is 0 Å². The van der Waals surface area contributed by atoms with Crippen LogP contribution in [0, 0.1) is 11.8 Å². The second-order valence-corrected chi connectivity index (χ2v) is 8.36. The smallest absolute Gasteiger partial charge is 0.263 e. The first-order valence-electron chi connectivity index (χ1n) is 9.92. The Bertz CT molecular complexity index is 916. The lowest BCUT2D eigenvalue weighted by molar-refractivity contribution is 0.141. The van der Waals surface area contributed by atoms with Crippen LogP contribution in [0.4, 0.5) is 5.82 Å². The molecule has 6 nitrogen and oxygen atoms in total. The molecule has 1 fully saturated rings. The number of anilines is 1. The minimum atomic E-state index is 0.487. The molecule has 2 aromatic heterocycles. The summed E-state index contributed by atoms with van der Waals surface area (Å²) in [7, 11) is 0. The Labute approximate surface area is 170 Å². The maximum absolute atomic E-state index is 6.00. The van der Waals surface area contributed by atoms with E-state index in [2.05, 4.69) is 39.2 Å². The first-order valence-corrected chi connectivity index (χ1v) is 10.3. The summed E-state index contributed by atoms with van der Waals surface area (Å²) in [6.45, 7) is 9.05. The zero-order chi connectivity index (χ0) is 19.5. The summed E-state index contributed by atoms with van der Waals surface area (Å²) in [6, 6.07) is 7.54. The minimum absolute atomic E-state index is 0.487. The van der Waals surface area contributed by atoms with Gasteiger partial charge in [0.1, 0.15) is 23.2 Å². The van der Waals surface area contributed by atoms with Gasteiger partial charge in [-0.1, -0.05) is 42.7 Å². The fraction of sp³-hybridized carbons (Fsp3) is 0.476. The van der Waals surface area contributed by atoms with Crippen molar-refractivity contribution in [3.05, 3.63) is 35.6 Å². The van der Waals surface area contributed by atoms with Gasteiger partial charge in [-0.25, -0.2) is 4.98 Å². The van der Waals surface area contributed by atoms with Crippen LogP contribution in [0.2, 0.25) is 5.02 Å². The van der Waals surface area contributed by atoms with Crippen molar-refractivity contribution in [3.8, 4) is 11.3 Å². The lowest BCUT2D eigenvalue weighted by Crippen LogP contribution is -2.39. The van der Waals surface area contributed by atoms with Crippen molar-refractivity contribution in [2.24, 2.45) is 11.8 Å². The van der Waals surface area contributed by atoms with Crippen LogP contribution in [0.1, 0.15) is 26.7 Å². The molecule has 1 aliphatic rings. The van der Waals surface area contributed by atoms with Crippen molar-refractivity contribution in [2.45, 2.75) is 26.7 Å². The highest BCUT2D eigenvalue weighted by Crippen LogP contribution is 2.31. The number of fused-ring (bicyclic) bond motifs is 1. The van der Waals surface area contributed by atoms with Crippen molar-refractivity contribution in [1.29, 1.82) is 0 Å². The van der Waals surface area contributed by atoms with E-state index in [-0.39, 0.29) is 0 Å². The van der Waals surface area contributed by atoms with E-state index in [1.807, 2.05) is 24.3 Å². The number of likely N-dealkylation sites (tertiary alicyclic amines) is 1. The molecule has 1 N–H and O–H groups in total. The molecule has 0 spiro atoms. The van der Waals surface area contributed by atoms with Gasteiger partial charge >= 0.3 is 0 Å². The third-order valence-corrected chi connectivity index (χ3v) is 5.53. The molecule has 7 heteroatoms. The Morgan fingerprint density at radius 3 is 2.64 bits per heavy atom. The monoisotopic (exact) mass is 399 g/mol. The highest BCUT2D eigenvalue weighted by atomic mass is 35.5. The van der Waals surface area contributed by atoms with Gasteiger partial charge < -0.3 is 14.7 Å². The van der Waals surface area contributed by atoms with E-state index in [0.29, 0.717) is 10.7 Å². The molecule has 148 valence electrons. The number of halogens is 1. The summed E-state index contributed by atoms with van der Waals surface area (Å²) < 4.78 is 5.42. The standard InChI is InChI=1S/C21H26ClN5O/c1-14-10-15(2)12-27(11-14)9-3-8-23-20-18-19(16-4-6-17(22)7-5-16)26-28-21(18)25-13-24-20/h4-7,13-15H,3,8-12H2,1-2H3,(H,23,24,25)/t14-,15-/m1/s1. The molecule has 0 aliphatic carbocycles. The van der Waals surface area contributed by atoms with Crippen LogP contribution in [0.5, 0.6) is 0 Å². The second kappa shape index (κ2) is 8.45. The Morgan fingerprint density at radius 1 is 1.14 bits per heavy atom. The van der Waals surface area contributed by atoms with Crippen molar-refractivity contribution < 1.29 is 4.52 Å². The maximum Gasteiger partial charge on any atom is 0.263 e. The highest BCUT2D eigenvalue weighted by molar-refractivity contribution is 6.30. The topological polar surface area (TPSA) is 67.1 Å². The number of hydrogen-bond donors (Lipinski definition) is 1. The minimum Gasteiger partial charge on any atom is -0.369 e. The number of piperidine rings is 1. The zero-order valence-corrected chi connectivity index (χ0v) is 17.1. The van der Waals surface area contributed by atoms with Gasteiger partial charge in [0.2, 0.25) is 0 Å². The van der Waals surface area contributed by atoms with Gasteiger partial charge in [-0.2, -0.15) is 4.98 Å². The second-order valence-electron chi connectivity index (χ2n) is 7.93. The molecule has 2 atom stereocenters. The Hall–Kier alpha value is -2.18. The van der Waals surface area contributed by atoms with Crippen LogP contribution in [0.15, 0.2) is 35.1 Å². The number of nitrogens with zero attached hydrogens (tertiary/aromatic N) is 4. The normalized spacial score (nSPS) is 20.5. The van der Waals surface area contributed by atoms with Crippen LogP contribution in [0.25, 0.3) is 22.4 Å². The Morgan fingerprint density at radius 2 is 1.89 bits per heavy atom. The van der Waals surface area contributed by atoms with Crippen LogP contribution < -0.4 is 5.32 Å². The number of rotatable bonds is 6. The Balaban J connectivity index is 1.44. The molecule has 3 aromatic rings. The van der Waals surface area contributed by atoms with Crippen molar-refractivity contribution in [1.82, 2.24) is 20.0 Å². The summed E-state index contributed by atoms with van der Waals surface area (Å²) in [5, 5.41) is 9.16. The lowest BCUT2D eigenvalue weighted by atomic mass is 9.92. The van der Waals surface area contributed by atoms with Gasteiger partial charge in [0, 0.05) is 30.2 Å². The average Bonchev–Trinajstić information content (AvgIpc) is 3.10. The van der Waals surface area contributed by atoms with Crippen LogP contribution >= 0.6 is 11.6 Å². The van der Waals surface area contributed by atoms with Gasteiger partial charge in [0.05, 0.1) is 0 Å². The number of hydrogen-bond acceptors (Lipinski definition) is 6. The van der Waals surface area contributed by atoms with Crippen LogP contribution in [-0.4, -0.2) is 46.2 Å². The maximum atomic E-state index is 6.00. The number of aromatic nitrogens is 3. The zero-order valence-electron chi connectivity index (χ0n) is 16.4. The first-order chi connectivity index (χ1) is 13.6. The molecular formula is C21H26ClN5O. The highest BCUT2D eigenvalue weighted by Gasteiger charge is 2.21. The average molecular weight is 400 g/mol. The van der Waals surface area contributed by atoms with Crippen molar-refractivity contribution >= 4 is 28.5 Å². The quantitative estimate of drug-likeness (QED) is 0.605. The summed E-state index contributed by atoms with van der Waals surface area (Å²) in [6.07, 6.45) is 3.91. The van der Waals surface area contributed by atoms with E-state index in [4.69, 9.17) is 16.1 Å². The van der Waals surface area contributed by atoms with Gasteiger partial charge in [-0.05, 0) is 43.4 Å². The first kappa shape index (κ1) is 19.2. The fourth-order valence-electron chi connectivity index (χ4n) is 4.21. The summed E-state index contributed by atoms with van der Waals surface area (Å²) >= 11 is 6.00. The van der Waals surface area contributed by atoms with Gasteiger partial charge in [0.25, 0.3) is 5.71 Å². The largest absolute Gasteiger partial charge is 0.369 e. The molecule has 0 amide bonds. The third kappa shape index (κ3) is 4.28. The van der Waals surface area contributed by atoms with E-state index >= 15 is 0 Å². The van der Waals surface area contributed by atoms with Crippen molar-refractivity contribution in [2.75, 3.05) is 31.5 Å². The molecule has 1 aliphatic heterocycles. The van der Waals surface area contributed by atoms with Crippen molar-refractivity contribution in [3.63, 3.8) is 0 Å². The summed E-state index contributed by atoms with van der Waals surface area (Å²) in [5.74, 6) is 2.34. The number of benzene rings is 1. The molecule has 1 saturated heterocycles. The van der Waals surface area contributed by atoms with Crippen LogP contribution in [0.3, 0.4) is 0 Å². The molecular weight excluding hydrogens is 374 g/mol. The molecule has 0 unspecified atom stereocenters. The summed E-state index contributed by atoms with van der Waals surface area (Å²) in [5.41, 5.74) is 2.15. The molecule has 0 saturated carbocycles. The molecule has 0 radical (unpaired) electrons. The van der Waals surface area contributed by atoms with E-state index in [1.54, 1.807) is 0 Å². The van der Waals surface area contributed by atoms with Gasteiger partial charge in [-0.3, -0.25) is 0 Å². The molecule has 28 heavy (non-hydrogen) atoms. The predicted molar refractivity (Wildman–Crippen MR) is 113 cm³/mol. The van der Waals surface area contributed by atoms with E-state index in [0.717, 1.165) is 53.8 Å². The van der Waals surface area contributed by atoms with Gasteiger partial charge in [-0.15, -0.1) is 0 Å². The number of nitrogens with one attached hydrogen (secondary N) is 1. The lowest BCUT2D eigenvalue weighted by Gasteiger charge is -2.34. The SMILES string of the molecule is C[C@@H]1C[C@@H](C)CN(CCCNc2ncnc3onc(-c4ccc(Cl)cc4)c23)C1. The predicted octanol–water partition coefficient (Wildman–Crippen LogP) is 4.72. The van der Waals surface area contributed by atoms with E-state index in [9.17, 15) is 0 Å². The summed E-state index contributed by atoms with van der Waals surface area (Å²) in [4.78, 5) is 11.2. The molecule has 1 aromatic carbocycles. The molecule has 0 bridgehead atoms. The van der Waals surface area contributed by atoms with E-state index < -0.39 is 0 Å². The van der Waals surface area contributed by atoms with Gasteiger partial charge in [0.15, 0.2) is 0 Å². The molecule has 4 rings (SSSR count). The third-order valence-electron chi connectivity index (χ3n) is 5.28. The Kier molecular flexibility index (Phi) is 5.78. The van der Waals surface area contributed by atoms with E-state index in [1.165, 1.54) is 25.8 Å². The fourth-order valence-corrected chi connectivity index (χ4v) is 4.34.